The Bertz CT molecular complexity index is 1490. The van der Waals surface area contributed by atoms with Gasteiger partial charge in [-0.1, -0.05) is 17.3 Å². The number of halogens is 2. The van der Waals surface area contributed by atoms with Crippen LogP contribution in [0.3, 0.4) is 0 Å². The Morgan fingerprint density at radius 2 is 2.00 bits per heavy atom. The van der Waals surface area contributed by atoms with E-state index in [2.05, 4.69) is 32.3 Å². The zero-order valence-electron chi connectivity index (χ0n) is 21.5. The number of nitrogens with zero attached hydrogens (tertiary/aromatic N) is 4. The molecule has 12 heteroatoms. The summed E-state index contributed by atoms with van der Waals surface area (Å²) < 4.78 is 37.8. The van der Waals surface area contributed by atoms with Gasteiger partial charge in [-0.2, -0.15) is 0 Å². The number of hydrogen-bond acceptors (Lipinski definition) is 8. The van der Waals surface area contributed by atoms with E-state index in [0.717, 1.165) is 24.2 Å². The molecule has 0 unspecified atom stereocenters. The summed E-state index contributed by atoms with van der Waals surface area (Å²) in [5.41, 5.74) is -0.0237. The van der Waals surface area contributed by atoms with Crippen molar-refractivity contribution >= 4 is 34.0 Å². The molecule has 3 aromatic rings. The summed E-state index contributed by atoms with van der Waals surface area (Å²) in [7, 11) is 3.00. The fourth-order valence-electron chi connectivity index (χ4n) is 4.05. The smallest absolute Gasteiger partial charge is 0.280 e. The zero-order chi connectivity index (χ0) is 27.7. The molecule has 1 saturated heterocycles. The van der Waals surface area contributed by atoms with E-state index in [1.54, 1.807) is 19.2 Å². The Kier molecular flexibility index (Phi) is 7.29. The molecule has 3 heterocycles. The van der Waals surface area contributed by atoms with E-state index in [1.807, 2.05) is 6.92 Å². The van der Waals surface area contributed by atoms with E-state index >= 15 is 0 Å². The first kappa shape index (κ1) is 26.6. The van der Waals surface area contributed by atoms with Crippen LogP contribution >= 0.6 is 11.3 Å². The van der Waals surface area contributed by atoms with Gasteiger partial charge in [0.05, 0.1) is 31.9 Å². The summed E-state index contributed by atoms with van der Waals surface area (Å²) in [5.74, 6) is 5.94. The van der Waals surface area contributed by atoms with E-state index in [0.29, 0.717) is 29.8 Å². The Morgan fingerprint density at radius 3 is 2.64 bits per heavy atom. The van der Waals surface area contributed by atoms with E-state index in [1.165, 1.54) is 30.3 Å². The number of benzene rings is 1. The number of anilines is 2. The molecule has 1 aromatic carbocycles. The molecule has 0 bridgehead atoms. The van der Waals surface area contributed by atoms with Gasteiger partial charge in [0.15, 0.2) is 5.01 Å². The summed E-state index contributed by atoms with van der Waals surface area (Å²) in [6, 6.07) is 5.92. The van der Waals surface area contributed by atoms with Gasteiger partial charge in [-0.25, -0.2) is 8.78 Å². The SMILES string of the molecule is COc1cnc(C(F)F)cc1-c1cc(N(C)C(=O)C2(C)COC2)ccc1C(=O)Nc1nnc(C#CC2CC2)s1. The lowest BCUT2D eigenvalue weighted by Gasteiger charge is -2.39. The third-order valence-corrected chi connectivity index (χ3v) is 7.28. The fraction of sp³-hybridized carbons (Fsp3) is 0.370. The van der Waals surface area contributed by atoms with Crippen LogP contribution < -0.4 is 15.0 Å². The van der Waals surface area contributed by atoms with E-state index < -0.39 is 23.4 Å². The maximum absolute atomic E-state index is 13.6. The standard InChI is InChI=1S/C27H25F2N5O4S/c1-27(13-38-14-27)25(36)34(2)16-7-8-17(18(10-16)19-11-20(23(28)29)30-12-21(19)37-3)24(35)31-26-33-32-22(39-26)9-6-15-4-5-15/h7-8,10-12,15,23H,4-5,13-14H2,1-3H3,(H,31,33,35). The second-order valence-electron chi connectivity index (χ2n) is 9.67. The largest absolute Gasteiger partial charge is 0.494 e. The number of ether oxygens (including phenoxy) is 2. The van der Waals surface area contributed by atoms with E-state index in [4.69, 9.17) is 9.47 Å². The van der Waals surface area contributed by atoms with Gasteiger partial charge in [-0.15, -0.1) is 10.2 Å². The molecular formula is C27H25F2N5O4S. The molecule has 0 radical (unpaired) electrons. The molecule has 9 nitrogen and oxygen atoms in total. The highest BCUT2D eigenvalue weighted by atomic mass is 32.1. The minimum absolute atomic E-state index is 0.156. The number of amides is 2. The zero-order valence-corrected chi connectivity index (χ0v) is 22.3. The highest BCUT2D eigenvalue weighted by molar-refractivity contribution is 7.15. The molecule has 0 spiro atoms. The number of hydrogen-bond donors (Lipinski definition) is 1. The highest BCUT2D eigenvalue weighted by Gasteiger charge is 2.43. The van der Waals surface area contributed by atoms with Crippen LogP contribution in [-0.4, -0.2) is 54.4 Å². The molecule has 2 fully saturated rings. The summed E-state index contributed by atoms with van der Waals surface area (Å²) in [4.78, 5) is 31.8. The number of rotatable bonds is 7. The number of carbonyl (C=O) groups excluding carboxylic acids is 2. The molecule has 1 aliphatic heterocycles. The maximum Gasteiger partial charge on any atom is 0.280 e. The molecule has 2 aromatic heterocycles. The van der Waals surface area contributed by atoms with Gasteiger partial charge >= 0.3 is 0 Å². The van der Waals surface area contributed by atoms with E-state index in [-0.39, 0.29) is 33.5 Å². The number of pyridine rings is 1. The van der Waals surface area contributed by atoms with Gasteiger partial charge in [-0.3, -0.25) is 19.9 Å². The first-order chi connectivity index (χ1) is 18.7. The van der Waals surface area contributed by atoms with Crippen LogP contribution in [-0.2, 0) is 9.53 Å². The van der Waals surface area contributed by atoms with Crippen molar-refractivity contribution in [1.29, 1.82) is 0 Å². The topological polar surface area (TPSA) is 107 Å². The van der Waals surface area contributed by atoms with Crippen LogP contribution in [0.2, 0.25) is 0 Å². The molecule has 0 atom stereocenters. The van der Waals surface area contributed by atoms with Crippen LogP contribution in [0.1, 0.15) is 47.3 Å². The number of nitrogens with one attached hydrogen (secondary N) is 1. The molecule has 1 saturated carbocycles. The second-order valence-corrected chi connectivity index (χ2v) is 10.6. The molecule has 5 rings (SSSR count). The van der Waals surface area contributed by atoms with Gasteiger partial charge in [0.2, 0.25) is 11.0 Å². The lowest BCUT2D eigenvalue weighted by molar-refractivity contribution is -0.154. The number of carbonyl (C=O) groups is 2. The average Bonchev–Trinajstić information content (AvgIpc) is 3.66. The maximum atomic E-state index is 13.6. The predicted molar refractivity (Wildman–Crippen MR) is 141 cm³/mol. The second kappa shape index (κ2) is 10.7. The average molecular weight is 554 g/mol. The van der Waals surface area contributed by atoms with Crippen molar-refractivity contribution in [1.82, 2.24) is 15.2 Å². The Hall–Kier alpha value is -3.95. The fourth-order valence-corrected chi connectivity index (χ4v) is 4.65. The third kappa shape index (κ3) is 5.60. The number of alkyl halides is 2. The first-order valence-corrected chi connectivity index (χ1v) is 13.0. The minimum atomic E-state index is -2.84. The summed E-state index contributed by atoms with van der Waals surface area (Å²) in [6.07, 6.45) is 0.499. The Balaban J connectivity index is 1.53. The molecule has 39 heavy (non-hydrogen) atoms. The number of methoxy groups -OCH3 is 1. The van der Waals surface area contributed by atoms with Crippen LogP contribution in [0, 0.1) is 23.2 Å². The molecule has 2 amide bonds. The Morgan fingerprint density at radius 1 is 1.23 bits per heavy atom. The van der Waals surface area contributed by atoms with Crippen LogP contribution in [0.4, 0.5) is 19.6 Å². The van der Waals surface area contributed by atoms with Crippen molar-refractivity contribution in [3.05, 3.63) is 46.7 Å². The van der Waals surface area contributed by atoms with Gasteiger partial charge in [0, 0.05) is 35.3 Å². The van der Waals surface area contributed by atoms with Gasteiger partial charge in [0.25, 0.3) is 12.3 Å². The van der Waals surface area contributed by atoms with Crippen molar-refractivity contribution in [2.75, 3.05) is 37.6 Å². The number of aromatic nitrogens is 3. The monoisotopic (exact) mass is 553 g/mol. The molecule has 2 aliphatic rings. The van der Waals surface area contributed by atoms with Crippen molar-refractivity contribution in [2.45, 2.75) is 26.2 Å². The van der Waals surface area contributed by atoms with Crippen molar-refractivity contribution in [3.8, 4) is 28.7 Å². The summed E-state index contributed by atoms with van der Waals surface area (Å²) in [6.45, 7) is 2.41. The van der Waals surface area contributed by atoms with Gasteiger partial charge in [0.1, 0.15) is 11.4 Å². The van der Waals surface area contributed by atoms with E-state index in [9.17, 15) is 18.4 Å². The molecule has 202 valence electrons. The van der Waals surface area contributed by atoms with Crippen LogP contribution in [0.5, 0.6) is 5.75 Å². The van der Waals surface area contributed by atoms with Gasteiger partial charge in [-0.05, 0) is 50.0 Å². The lowest BCUT2D eigenvalue weighted by Crippen LogP contribution is -2.52. The van der Waals surface area contributed by atoms with Gasteiger partial charge < -0.3 is 14.4 Å². The minimum Gasteiger partial charge on any atom is -0.494 e. The quantitative estimate of drug-likeness (QED) is 0.428. The van der Waals surface area contributed by atoms with Crippen LogP contribution in [0.15, 0.2) is 30.5 Å². The lowest BCUT2D eigenvalue weighted by atomic mass is 9.86. The summed E-state index contributed by atoms with van der Waals surface area (Å²) in [5, 5.41) is 11.5. The summed E-state index contributed by atoms with van der Waals surface area (Å²) >= 11 is 1.14. The molecule has 1 N–H and O–H groups in total. The third-order valence-electron chi connectivity index (χ3n) is 6.53. The van der Waals surface area contributed by atoms with Crippen molar-refractivity contribution in [2.24, 2.45) is 11.3 Å². The van der Waals surface area contributed by atoms with Crippen LogP contribution in [0.25, 0.3) is 11.1 Å². The van der Waals surface area contributed by atoms with Crippen molar-refractivity contribution in [3.63, 3.8) is 0 Å². The first-order valence-electron chi connectivity index (χ1n) is 12.2. The normalized spacial score (nSPS) is 15.6. The molecular weight excluding hydrogens is 528 g/mol. The highest BCUT2D eigenvalue weighted by Crippen LogP contribution is 2.38. The predicted octanol–water partition coefficient (Wildman–Crippen LogP) is 4.56. The Labute approximate surface area is 227 Å². The molecule has 1 aliphatic carbocycles. The van der Waals surface area contributed by atoms with Crippen molar-refractivity contribution < 1.29 is 27.8 Å².